The lowest BCUT2D eigenvalue weighted by Crippen LogP contribution is -2.30. The highest BCUT2D eigenvalue weighted by Crippen LogP contribution is 2.50. The monoisotopic (exact) mass is 641 g/mol. The number of aromatic nitrogens is 4. The van der Waals surface area contributed by atoms with Crippen LogP contribution in [0.1, 0.15) is 11.5 Å². The van der Waals surface area contributed by atoms with Gasteiger partial charge in [-0.2, -0.15) is 9.97 Å². The Morgan fingerprint density at radius 2 is 1.22 bits per heavy atom. The van der Waals surface area contributed by atoms with E-state index in [2.05, 4.69) is 119 Å². The molecule has 50 heavy (non-hydrogen) atoms. The average molecular weight is 642 g/mol. The Hall–Kier alpha value is -6.79. The smallest absolute Gasteiger partial charge is 0.238 e. The van der Waals surface area contributed by atoms with Gasteiger partial charge < -0.3 is 9.32 Å². The van der Waals surface area contributed by atoms with Gasteiger partial charge in [-0.25, -0.2) is 4.98 Å². The molecule has 0 saturated heterocycles. The second-order valence-electron chi connectivity index (χ2n) is 12.8. The Kier molecular flexibility index (Phi) is 5.63. The summed E-state index contributed by atoms with van der Waals surface area (Å²) in [5, 5.41) is 5.57. The molecule has 0 fully saturated rings. The third-order valence-corrected chi connectivity index (χ3v) is 10.0. The van der Waals surface area contributed by atoms with Crippen molar-refractivity contribution in [1.29, 1.82) is 0 Å². The van der Waals surface area contributed by atoms with E-state index in [0.717, 1.165) is 49.6 Å². The van der Waals surface area contributed by atoms with Gasteiger partial charge in [-0.15, -0.1) is 0 Å². The Bertz CT molecular complexity index is 2940. The fourth-order valence-electron chi connectivity index (χ4n) is 7.90. The number of hydrogen-bond acceptors (Lipinski definition) is 5. The highest BCUT2D eigenvalue weighted by atomic mass is 16.3. The Morgan fingerprint density at radius 1 is 0.540 bits per heavy atom. The van der Waals surface area contributed by atoms with Crippen molar-refractivity contribution in [2.45, 2.75) is 5.92 Å². The van der Waals surface area contributed by atoms with Crippen LogP contribution in [0.25, 0.3) is 73.3 Å². The van der Waals surface area contributed by atoms with Crippen molar-refractivity contribution in [3.05, 3.63) is 168 Å². The van der Waals surface area contributed by atoms with E-state index >= 15 is 0 Å². The molecule has 6 nitrogen and oxygen atoms in total. The molecule has 11 rings (SSSR count). The molecule has 0 N–H and O–H groups in total. The summed E-state index contributed by atoms with van der Waals surface area (Å²) in [6.07, 6.45) is 2.39. The summed E-state index contributed by atoms with van der Waals surface area (Å²) in [6.45, 7) is 0. The van der Waals surface area contributed by atoms with Crippen molar-refractivity contribution in [2.75, 3.05) is 4.90 Å². The zero-order valence-corrected chi connectivity index (χ0v) is 26.7. The molecule has 0 spiro atoms. The number of anilines is 2. The molecule has 9 aromatic rings. The molecular formula is C44H27N5O. The third kappa shape index (κ3) is 3.87. The number of para-hydroxylation sites is 4. The molecule has 1 aliphatic carbocycles. The minimum Gasteiger partial charge on any atom is -0.456 e. The van der Waals surface area contributed by atoms with E-state index in [1.165, 1.54) is 27.6 Å². The van der Waals surface area contributed by atoms with E-state index in [-0.39, 0.29) is 5.92 Å². The number of nitrogens with zero attached hydrogens (tertiary/aromatic N) is 5. The van der Waals surface area contributed by atoms with E-state index in [9.17, 15) is 0 Å². The van der Waals surface area contributed by atoms with Crippen LogP contribution in [-0.2, 0) is 0 Å². The van der Waals surface area contributed by atoms with Gasteiger partial charge in [0.05, 0.1) is 16.6 Å². The fourth-order valence-corrected chi connectivity index (χ4v) is 7.90. The summed E-state index contributed by atoms with van der Waals surface area (Å²) in [5.74, 6) is 1.91. The average Bonchev–Trinajstić information content (AvgIpc) is 3.91. The number of hydrogen-bond donors (Lipinski definition) is 0. The molecular weight excluding hydrogens is 615 g/mol. The Morgan fingerprint density at radius 3 is 2.08 bits per heavy atom. The van der Waals surface area contributed by atoms with Gasteiger partial charge in [-0.3, -0.25) is 4.57 Å². The minimum absolute atomic E-state index is 0.0962. The van der Waals surface area contributed by atoms with Crippen LogP contribution in [0.4, 0.5) is 11.4 Å². The van der Waals surface area contributed by atoms with Crippen molar-refractivity contribution < 1.29 is 4.42 Å². The summed E-state index contributed by atoms with van der Waals surface area (Å²) in [6, 6.07) is 52.5. The highest BCUT2D eigenvalue weighted by molar-refractivity contribution is 6.06. The predicted octanol–water partition coefficient (Wildman–Crippen LogP) is 8.89. The van der Waals surface area contributed by atoms with Crippen molar-refractivity contribution >= 4 is 56.0 Å². The van der Waals surface area contributed by atoms with E-state index in [1.807, 2.05) is 48.5 Å². The summed E-state index contributed by atoms with van der Waals surface area (Å²) in [4.78, 5) is 18.0. The molecule has 0 radical (unpaired) electrons. The summed E-state index contributed by atoms with van der Waals surface area (Å²) >= 11 is 0. The van der Waals surface area contributed by atoms with Crippen LogP contribution >= 0.6 is 0 Å². The molecule has 0 bridgehead atoms. The molecule has 6 heteroatoms. The van der Waals surface area contributed by atoms with Crippen LogP contribution < -0.4 is 15.5 Å². The SMILES string of the molecule is C1=c2c(c3ccccc3n2-c2nc(-c3ccccc3)nc(-c3ccc4oc5ccccc5c4c3)n2)=C2C1c1ccccc1N2c1ccccc1. The second-order valence-corrected chi connectivity index (χ2v) is 12.8. The third-order valence-electron chi connectivity index (χ3n) is 10.0. The molecule has 1 aliphatic heterocycles. The van der Waals surface area contributed by atoms with E-state index in [0.29, 0.717) is 17.6 Å². The van der Waals surface area contributed by atoms with Crippen LogP contribution in [0.2, 0.25) is 0 Å². The van der Waals surface area contributed by atoms with Crippen LogP contribution in [0, 0.1) is 0 Å². The zero-order chi connectivity index (χ0) is 32.8. The molecule has 1 unspecified atom stereocenters. The molecule has 0 amide bonds. The molecule has 1 atom stereocenters. The predicted molar refractivity (Wildman–Crippen MR) is 200 cm³/mol. The van der Waals surface area contributed by atoms with Gasteiger partial charge in [-0.05, 0) is 60.2 Å². The first-order valence-electron chi connectivity index (χ1n) is 16.8. The summed E-state index contributed by atoms with van der Waals surface area (Å²) < 4.78 is 8.38. The Labute approximate surface area is 286 Å². The van der Waals surface area contributed by atoms with Gasteiger partial charge in [0, 0.05) is 49.8 Å². The van der Waals surface area contributed by atoms with Gasteiger partial charge in [0.2, 0.25) is 5.95 Å². The van der Waals surface area contributed by atoms with Gasteiger partial charge >= 0.3 is 0 Å². The van der Waals surface area contributed by atoms with Gasteiger partial charge in [0.1, 0.15) is 11.2 Å². The van der Waals surface area contributed by atoms with Crippen molar-refractivity contribution in [3.8, 4) is 28.7 Å². The standard InChI is InChI=1S/C44H27N5O/c1-3-13-27(14-4-1)42-45-43(28-23-24-39-33(25-28)31-18-9-12-22-38(31)50-39)47-44(46-42)49-36-21-11-8-19-32(36)40-37(49)26-34-30-17-7-10-20-35(30)48(41(34)40)29-15-5-2-6-16-29/h1-26,34H. The molecule has 0 saturated carbocycles. The quantitative estimate of drug-likeness (QED) is 0.192. The van der Waals surface area contributed by atoms with Gasteiger partial charge in [0.25, 0.3) is 0 Å². The maximum atomic E-state index is 6.15. The fraction of sp³-hybridized carbons (Fsp3) is 0.0227. The number of benzene rings is 6. The van der Waals surface area contributed by atoms with Crippen LogP contribution in [0.5, 0.6) is 0 Å². The van der Waals surface area contributed by atoms with Gasteiger partial charge in [-0.1, -0.05) is 103 Å². The van der Waals surface area contributed by atoms with Crippen molar-refractivity contribution in [1.82, 2.24) is 19.5 Å². The van der Waals surface area contributed by atoms with Gasteiger partial charge in [0.15, 0.2) is 11.6 Å². The zero-order valence-electron chi connectivity index (χ0n) is 26.7. The van der Waals surface area contributed by atoms with E-state index in [1.54, 1.807) is 0 Å². The minimum atomic E-state index is 0.0962. The van der Waals surface area contributed by atoms with Crippen molar-refractivity contribution in [3.63, 3.8) is 0 Å². The molecule has 2 aliphatic rings. The molecule has 6 aromatic carbocycles. The molecule has 3 aromatic heterocycles. The Balaban J connectivity index is 1.20. The lowest BCUT2D eigenvalue weighted by Gasteiger charge is -2.22. The topological polar surface area (TPSA) is 60.0 Å². The number of fused-ring (bicyclic) bond motifs is 9. The molecule has 4 heterocycles. The van der Waals surface area contributed by atoms with Crippen LogP contribution in [-0.4, -0.2) is 19.5 Å². The summed E-state index contributed by atoms with van der Waals surface area (Å²) in [7, 11) is 0. The maximum absolute atomic E-state index is 6.15. The first-order chi connectivity index (χ1) is 24.8. The van der Waals surface area contributed by atoms with Crippen LogP contribution in [0.3, 0.4) is 0 Å². The largest absolute Gasteiger partial charge is 0.456 e. The van der Waals surface area contributed by atoms with Crippen LogP contribution in [0.15, 0.2) is 156 Å². The highest BCUT2D eigenvalue weighted by Gasteiger charge is 2.38. The molecule has 234 valence electrons. The maximum Gasteiger partial charge on any atom is 0.238 e. The van der Waals surface area contributed by atoms with Crippen molar-refractivity contribution in [2.24, 2.45) is 0 Å². The first kappa shape index (κ1) is 27.2. The number of furan rings is 1. The second kappa shape index (κ2) is 10.4. The van der Waals surface area contributed by atoms with E-state index < -0.39 is 0 Å². The number of rotatable bonds is 4. The first-order valence-corrected chi connectivity index (χ1v) is 16.8. The lowest BCUT2D eigenvalue weighted by atomic mass is 10.0. The summed E-state index contributed by atoms with van der Waals surface area (Å²) in [5.41, 5.74) is 9.49. The van der Waals surface area contributed by atoms with E-state index in [4.69, 9.17) is 19.4 Å². The lowest BCUT2D eigenvalue weighted by molar-refractivity contribution is 0.669. The normalized spacial score (nSPS) is 14.7.